The second-order valence-electron chi connectivity index (χ2n) is 4.32. The van der Waals surface area contributed by atoms with Gasteiger partial charge in [0.05, 0.1) is 4.90 Å². The molecule has 0 aliphatic rings. The number of benzene rings is 2. The predicted octanol–water partition coefficient (Wildman–Crippen LogP) is 4.42. The quantitative estimate of drug-likeness (QED) is 0.726. The van der Waals surface area contributed by atoms with E-state index < -0.39 is 9.84 Å². The molecular formula is C14H9BrClNO2S. The molecule has 0 amide bonds. The van der Waals surface area contributed by atoms with Crippen molar-refractivity contribution in [3.63, 3.8) is 0 Å². The van der Waals surface area contributed by atoms with Gasteiger partial charge in [-0.05, 0) is 48.5 Å². The summed E-state index contributed by atoms with van der Waals surface area (Å²) < 4.78 is 25.9. The fraction of sp³-hybridized carbons (Fsp3) is 0. The molecule has 3 nitrogen and oxygen atoms in total. The van der Waals surface area contributed by atoms with Gasteiger partial charge in [0.15, 0.2) is 0 Å². The minimum atomic E-state index is -3.56. The molecule has 1 heterocycles. The van der Waals surface area contributed by atoms with Crippen LogP contribution in [0.4, 0.5) is 0 Å². The number of aromatic nitrogens is 1. The van der Waals surface area contributed by atoms with Gasteiger partial charge in [0, 0.05) is 20.4 Å². The Bertz CT molecular complexity index is 885. The molecule has 102 valence electrons. The Labute approximate surface area is 129 Å². The third-order valence-electron chi connectivity index (χ3n) is 2.97. The van der Waals surface area contributed by atoms with E-state index in [1.54, 1.807) is 18.2 Å². The van der Waals surface area contributed by atoms with Gasteiger partial charge >= 0.3 is 0 Å². The van der Waals surface area contributed by atoms with Crippen molar-refractivity contribution in [1.29, 1.82) is 0 Å². The van der Waals surface area contributed by atoms with E-state index in [2.05, 4.69) is 20.9 Å². The minimum Gasteiger partial charge on any atom is -0.345 e. The molecule has 20 heavy (non-hydrogen) atoms. The zero-order valence-corrected chi connectivity index (χ0v) is 13.3. The van der Waals surface area contributed by atoms with Crippen molar-refractivity contribution in [2.45, 2.75) is 9.92 Å². The lowest BCUT2D eigenvalue weighted by molar-refractivity contribution is 0.593. The number of rotatable bonds is 2. The first-order valence-corrected chi connectivity index (χ1v) is 8.41. The highest BCUT2D eigenvalue weighted by molar-refractivity contribution is 9.10. The zero-order valence-electron chi connectivity index (χ0n) is 10.1. The van der Waals surface area contributed by atoms with Gasteiger partial charge in [-0.2, -0.15) is 0 Å². The molecule has 0 bridgehead atoms. The van der Waals surface area contributed by atoms with Crippen molar-refractivity contribution >= 4 is 48.3 Å². The van der Waals surface area contributed by atoms with Crippen molar-refractivity contribution in [2.75, 3.05) is 0 Å². The van der Waals surface area contributed by atoms with Crippen molar-refractivity contribution in [1.82, 2.24) is 4.98 Å². The molecule has 0 atom stereocenters. The van der Waals surface area contributed by atoms with Gasteiger partial charge in [-0.3, -0.25) is 0 Å². The van der Waals surface area contributed by atoms with Crippen LogP contribution >= 0.6 is 27.5 Å². The maximum atomic E-state index is 12.5. The molecule has 0 spiro atoms. The van der Waals surface area contributed by atoms with Crippen LogP contribution in [-0.4, -0.2) is 13.4 Å². The Hall–Kier alpha value is -1.30. The highest BCUT2D eigenvalue weighted by Gasteiger charge is 2.19. The molecule has 1 aromatic heterocycles. The van der Waals surface area contributed by atoms with Crippen LogP contribution in [-0.2, 0) is 9.84 Å². The van der Waals surface area contributed by atoms with Crippen LogP contribution in [0.1, 0.15) is 0 Å². The molecule has 0 radical (unpaired) electrons. The third-order valence-corrected chi connectivity index (χ3v) is 5.41. The zero-order chi connectivity index (χ0) is 14.3. The summed E-state index contributed by atoms with van der Waals surface area (Å²) in [6.45, 7) is 0. The van der Waals surface area contributed by atoms with E-state index >= 15 is 0 Å². The number of hydrogen-bond donors (Lipinski definition) is 1. The first kappa shape index (κ1) is 13.7. The molecule has 0 aliphatic carbocycles. The van der Waals surface area contributed by atoms with E-state index in [9.17, 15) is 8.42 Å². The van der Waals surface area contributed by atoms with Gasteiger partial charge < -0.3 is 4.98 Å². The lowest BCUT2D eigenvalue weighted by Gasteiger charge is -2.01. The second kappa shape index (κ2) is 4.91. The van der Waals surface area contributed by atoms with Crippen molar-refractivity contribution in [2.24, 2.45) is 0 Å². The summed E-state index contributed by atoms with van der Waals surface area (Å²) in [6.07, 6.45) is 0. The summed E-state index contributed by atoms with van der Waals surface area (Å²) in [5, 5.41) is 1.52. The topological polar surface area (TPSA) is 49.9 Å². The molecule has 3 rings (SSSR count). The number of H-pyrrole nitrogens is 1. The summed E-state index contributed by atoms with van der Waals surface area (Å²) in [5.74, 6) is 0. The van der Waals surface area contributed by atoms with E-state index in [1.165, 1.54) is 12.1 Å². The largest absolute Gasteiger partial charge is 0.345 e. The van der Waals surface area contributed by atoms with Gasteiger partial charge in [-0.15, -0.1) is 0 Å². The Balaban J connectivity index is 2.15. The van der Waals surface area contributed by atoms with Crippen LogP contribution in [0.5, 0.6) is 0 Å². The van der Waals surface area contributed by atoms with Crippen LogP contribution in [0.25, 0.3) is 10.9 Å². The molecule has 0 saturated heterocycles. The van der Waals surface area contributed by atoms with Crippen molar-refractivity contribution in [3.8, 4) is 0 Å². The van der Waals surface area contributed by atoms with Crippen LogP contribution in [0.15, 0.2) is 62.9 Å². The van der Waals surface area contributed by atoms with Crippen LogP contribution in [0.2, 0.25) is 5.02 Å². The normalized spacial score (nSPS) is 11.9. The van der Waals surface area contributed by atoms with Gasteiger partial charge in [0.25, 0.3) is 0 Å². The Kier molecular flexibility index (Phi) is 3.36. The summed E-state index contributed by atoms with van der Waals surface area (Å²) in [7, 11) is -3.56. The fourth-order valence-corrected chi connectivity index (χ4v) is 3.74. The SMILES string of the molecule is O=S(=O)(c1ccc(Cl)cc1)c1cc2cc(Br)ccc2[nH]1. The highest BCUT2D eigenvalue weighted by atomic mass is 79.9. The van der Waals surface area contributed by atoms with Gasteiger partial charge in [-0.25, -0.2) is 8.42 Å². The Morgan fingerprint density at radius 2 is 1.70 bits per heavy atom. The lowest BCUT2D eigenvalue weighted by Crippen LogP contribution is -2.01. The lowest BCUT2D eigenvalue weighted by atomic mass is 10.3. The monoisotopic (exact) mass is 369 g/mol. The summed E-state index contributed by atoms with van der Waals surface area (Å²) in [6, 6.07) is 13.3. The van der Waals surface area contributed by atoms with E-state index in [0.717, 1.165) is 15.4 Å². The molecule has 1 N–H and O–H groups in total. The average Bonchev–Trinajstić information content (AvgIpc) is 2.83. The van der Waals surface area contributed by atoms with E-state index in [1.807, 2.05) is 18.2 Å². The molecule has 0 fully saturated rings. The standard InChI is InChI=1S/C14H9BrClNO2S/c15-10-1-6-13-9(7-10)8-14(17-13)20(18,19)12-4-2-11(16)3-5-12/h1-8,17H. The summed E-state index contributed by atoms with van der Waals surface area (Å²) in [5.41, 5.74) is 0.778. The molecule has 6 heteroatoms. The minimum absolute atomic E-state index is 0.174. The molecular weight excluding hydrogens is 362 g/mol. The van der Waals surface area contributed by atoms with Crippen LogP contribution in [0.3, 0.4) is 0 Å². The smallest absolute Gasteiger partial charge is 0.221 e. The van der Waals surface area contributed by atoms with Crippen molar-refractivity contribution in [3.05, 3.63) is 58.0 Å². The molecule has 0 aliphatic heterocycles. The maximum absolute atomic E-state index is 12.5. The number of halogens is 2. The van der Waals surface area contributed by atoms with E-state index in [-0.39, 0.29) is 9.92 Å². The molecule has 3 aromatic rings. The first-order valence-electron chi connectivity index (χ1n) is 5.76. The summed E-state index contributed by atoms with van der Waals surface area (Å²) in [4.78, 5) is 3.15. The van der Waals surface area contributed by atoms with Crippen molar-refractivity contribution < 1.29 is 8.42 Å². The summed E-state index contributed by atoms with van der Waals surface area (Å²) >= 11 is 9.15. The Morgan fingerprint density at radius 3 is 2.40 bits per heavy atom. The second-order valence-corrected chi connectivity index (χ2v) is 7.59. The number of sulfone groups is 1. The van der Waals surface area contributed by atoms with E-state index in [4.69, 9.17) is 11.6 Å². The third kappa shape index (κ3) is 2.37. The fourth-order valence-electron chi connectivity index (χ4n) is 1.96. The predicted molar refractivity (Wildman–Crippen MR) is 82.9 cm³/mol. The van der Waals surface area contributed by atoms with Crippen LogP contribution < -0.4 is 0 Å². The number of fused-ring (bicyclic) bond motifs is 1. The number of aromatic amines is 1. The Morgan fingerprint density at radius 1 is 1.00 bits per heavy atom. The van der Waals surface area contributed by atoms with Gasteiger partial charge in [0.2, 0.25) is 9.84 Å². The van der Waals surface area contributed by atoms with Gasteiger partial charge in [-0.1, -0.05) is 27.5 Å². The molecule has 2 aromatic carbocycles. The molecule has 0 saturated carbocycles. The van der Waals surface area contributed by atoms with Crippen LogP contribution in [0, 0.1) is 0 Å². The molecule has 0 unspecified atom stereocenters. The van der Waals surface area contributed by atoms with E-state index in [0.29, 0.717) is 5.02 Å². The first-order chi connectivity index (χ1) is 9.46. The van der Waals surface area contributed by atoms with Gasteiger partial charge in [0.1, 0.15) is 5.03 Å². The maximum Gasteiger partial charge on any atom is 0.221 e. The number of hydrogen-bond acceptors (Lipinski definition) is 2. The average molecular weight is 371 g/mol. The number of nitrogens with one attached hydrogen (secondary N) is 1. The highest BCUT2D eigenvalue weighted by Crippen LogP contribution is 2.27.